The molecular weight excluding hydrogens is 362 g/mol. The Kier molecular flexibility index (Phi) is 4.62. The number of aryl methyl sites for hydroxylation is 1. The van der Waals surface area contributed by atoms with Crippen LogP contribution in [0.25, 0.3) is 22.2 Å². The maximum atomic E-state index is 5.45. The second kappa shape index (κ2) is 7.56. The highest BCUT2D eigenvalue weighted by atomic mass is 16.5. The van der Waals surface area contributed by atoms with Crippen molar-refractivity contribution in [3.63, 3.8) is 0 Å². The Morgan fingerprint density at radius 2 is 1.93 bits per heavy atom. The fourth-order valence-electron chi connectivity index (χ4n) is 3.78. The number of hydrogen-bond acceptors (Lipinski definition) is 5. The van der Waals surface area contributed by atoms with E-state index >= 15 is 0 Å². The van der Waals surface area contributed by atoms with Gasteiger partial charge in [-0.15, -0.1) is 0 Å². The lowest BCUT2D eigenvalue weighted by atomic mass is 10.1. The number of hydrogen-bond donors (Lipinski definition) is 2. The van der Waals surface area contributed by atoms with Gasteiger partial charge in [-0.25, -0.2) is 9.97 Å². The van der Waals surface area contributed by atoms with Gasteiger partial charge in [0.1, 0.15) is 0 Å². The SMILES string of the molecule is Cc1cc(N2CCOCC2)ccc1Nc1nccc(-c2c[nH]c3ccccc23)n1. The third-order valence-corrected chi connectivity index (χ3v) is 5.35. The first-order chi connectivity index (χ1) is 14.3. The van der Waals surface area contributed by atoms with Gasteiger partial charge in [-0.3, -0.25) is 0 Å². The van der Waals surface area contributed by atoms with Gasteiger partial charge in [0, 0.05) is 53.3 Å². The Hall–Kier alpha value is -3.38. The summed E-state index contributed by atoms with van der Waals surface area (Å²) < 4.78 is 5.45. The quantitative estimate of drug-likeness (QED) is 0.541. The number of nitrogens with one attached hydrogen (secondary N) is 2. The van der Waals surface area contributed by atoms with Crippen LogP contribution in [0.1, 0.15) is 5.56 Å². The predicted molar refractivity (Wildman–Crippen MR) is 117 cm³/mol. The minimum atomic E-state index is 0.593. The van der Waals surface area contributed by atoms with Gasteiger partial charge in [-0.2, -0.15) is 0 Å². The summed E-state index contributed by atoms with van der Waals surface area (Å²) in [6.07, 6.45) is 3.79. The Balaban J connectivity index is 1.40. The summed E-state index contributed by atoms with van der Waals surface area (Å²) in [5.41, 5.74) is 6.47. The molecule has 1 saturated heterocycles. The second-order valence-corrected chi connectivity index (χ2v) is 7.24. The Morgan fingerprint density at radius 3 is 2.79 bits per heavy atom. The fourth-order valence-corrected chi connectivity index (χ4v) is 3.78. The Bertz CT molecular complexity index is 1150. The standard InChI is InChI=1S/C23H23N5O/c1-16-14-17(28-10-12-29-13-11-28)6-7-20(16)26-23-24-9-8-22(27-23)19-15-25-21-5-3-2-4-18(19)21/h2-9,14-15,25H,10-13H2,1H3,(H,24,26,27). The molecule has 1 aliphatic heterocycles. The molecule has 6 heteroatoms. The normalized spacial score (nSPS) is 14.3. The molecule has 0 unspecified atom stereocenters. The molecule has 2 aromatic heterocycles. The van der Waals surface area contributed by atoms with Gasteiger partial charge < -0.3 is 19.9 Å². The van der Waals surface area contributed by atoms with E-state index in [1.165, 1.54) is 5.69 Å². The minimum Gasteiger partial charge on any atom is -0.378 e. The number of aromatic amines is 1. The molecule has 6 nitrogen and oxygen atoms in total. The molecule has 2 N–H and O–H groups in total. The summed E-state index contributed by atoms with van der Waals surface area (Å²) in [6, 6.07) is 16.6. The van der Waals surface area contributed by atoms with Gasteiger partial charge >= 0.3 is 0 Å². The van der Waals surface area contributed by atoms with E-state index in [-0.39, 0.29) is 0 Å². The van der Waals surface area contributed by atoms with Crippen LogP contribution in [0.2, 0.25) is 0 Å². The van der Waals surface area contributed by atoms with E-state index in [0.29, 0.717) is 5.95 Å². The smallest absolute Gasteiger partial charge is 0.227 e. The zero-order valence-corrected chi connectivity index (χ0v) is 16.4. The molecule has 29 heavy (non-hydrogen) atoms. The summed E-state index contributed by atoms with van der Waals surface area (Å²) in [5.74, 6) is 0.593. The van der Waals surface area contributed by atoms with Crippen LogP contribution in [0.5, 0.6) is 0 Å². The van der Waals surface area contributed by atoms with Crippen molar-refractivity contribution < 1.29 is 4.74 Å². The monoisotopic (exact) mass is 385 g/mol. The highest BCUT2D eigenvalue weighted by Gasteiger charge is 2.13. The summed E-state index contributed by atoms with van der Waals surface area (Å²) >= 11 is 0. The number of morpholine rings is 1. The van der Waals surface area contributed by atoms with E-state index < -0.39 is 0 Å². The van der Waals surface area contributed by atoms with Crippen molar-refractivity contribution in [3.05, 3.63) is 66.5 Å². The first-order valence-electron chi connectivity index (χ1n) is 9.88. The Morgan fingerprint density at radius 1 is 1.07 bits per heavy atom. The number of anilines is 3. The van der Waals surface area contributed by atoms with E-state index in [1.807, 2.05) is 24.4 Å². The molecular formula is C23H23N5O. The summed E-state index contributed by atoms with van der Waals surface area (Å²) in [5, 5.41) is 4.53. The molecule has 0 radical (unpaired) electrons. The minimum absolute atomic E-state index is 0.593. The van der Waals surface area contributed by atoms with E-state index in [9.17, 15) is 0 Å². The van der Waals surface area contributed by atoms with Crippen molar-refractivity contribution in [2.45, 2.75) is 6.92 Å². The number of nitrogens with zero attached hydrogens (tertiary/aromatic N) is 3. The largest absolute Gasteiger partial charge is 0.378 e. The lowest BCUT2D eigenvalue weighted by molar-refractivity contribution is 0.122. The molecule has 1 fully saturated rings. The zero-order valence-electron chi connectivity index (χ0n) is 16.4. The summed E-state index contributed by atoms with van der Waals surface area (Å²) in [4.78, 5) is 14.8. The lowest BCUT2D eigenvalue weighted by Crippen LogP contribution is -2.36. The molecule has 0 atom stereocenters. The van der Waals surface area contributed by atoms with Crippen molar-refractivity contribution in [3.8, 4) is 11.3 Å². The predicted octanol–water partition coefficient (Wildman–Crippen LogP) is 4.51. The van der Waals surface area contributed by atoms with Gasteiger partial charge in [0.15, 0.2) is 0 Å². The van der Waals surface area contributed by atoms with Gasteiger partial charge in [0.2, 0.25) is 5.95 Å². The number of ether oxygens (including phenoxy) is 1. The number of para-hydroxylation sites is 1. The second-order valence-electron chi connectivity index (χ2n) is 7.24. The molecule has 0 amide bonds. The molecule has 4 aromatic rings. The molecule has 146 valence electrons. The fraction of sp³-hybridized carbons (Fsp3) is 0.217. The number of fused-ring (bicyclic) bond motifs is 1. The number of H-pyrrole nitrogens is 1. The van der Waals surface area contributed by atoms with E-state index in [2.05, 4.69) is 57.4 Å². The highest BCUT2D eigenvalue weighted by molar-refractivity contribution is 5.94. The van der Waals surface area contributed by atoms with Crippen LogP contribution in [-0.4, -0.2) is 41.3 Å². The van der Waals surface area contributed by atoms with Crippen molar-refractivity contribution in [1.29, 1.82) is 0 Å². The van der Waals surface area contributed by atoms with Crippen LogP contribution in [-0.2, 0) is 4.74 Å². The van der Waals surface area contributed by atoms with Crippen LogP contribution in [0.15, 0.2) is 60.9 Å². The average molecular weight is 385 g/mol. The van der Waals surface area contributed by atoms with E-state index in [1.54, 1.807) is 6.20 Å². The summed E-state index contributed by atoms with van der Waals surface area (Å²) in [6.45, 7) is 5.54. The van der Waals surface area contributed by atoms with E-state index in [4.69, 9.17) is 9.72 Å². The molecule has 0 bridgehead atoms. The third-order valence-electron chi connectivity index (χ3n) is 5.35. The number of benzene rings is 2. The molecule has 0 saturated carbocycles. The van der Waals surface area contributed by atoms with Gasteiger partial charge in [-0.1, -0.05) is 18.2 Å². The van der Waals surface area contributed by atoms with Crippen molar-refractivity contribution >= 4 is 28.2 Å². The molecule has 5 rings (SSSR count). The van der Waals surface area contributed by atoms with Crippen molar-refractivity contribution in [2.75, 3.05) is 36.5 Å². The maximum Gasteiger partial charge on any atom is 0.227 e. The summed E-state index contributed by atoms with van der Waals surface area (Å²) in [7, 11) is 0. The Labute approximate surface area is 169 Å². The number of rotatable bonds is 4. The molecule has 0 spiro atoms. The van der Waals surface area contributed by atoms with Crippen LogP contribution >= 0.6 is 0 Å². The average Bonchev–Trinajstić information content (AvgIpc) is 3.20. The molecule has 3 heterocycles. The maximum absolute atomic E-state index is 5.45. The first kappa shape index (κ1) is 17.7. The zero-order chi connectivity index (χ0) is 19.6. The van der Waals surface area contributed by atoms with Gasteiger partial charge in [0.25, 0.3) is 0 Å². The van der Waals surface area contributed by atoms with Crippen molar-refractivity contribution in [2.24, 2.45) is 0 Å². The lowest BCUT2D eigenvalue weighted by Gasteiger charge is -2.29. The van der Waals surface area contributed by atoms with Crippen LogP contribution in [0.4, 0.5) is 17.3 Å². The first-order valence-corrected chi connectivity index (χ1v) is 9.88. The highest BCUT2D eigenvalue weighted by Crippen LogP contribution is 2.29. The van der Waals surface area contributed by atoms with Gasteiger partial charge in [-0.05, 0) is 42.8 Å². The third kappa shape index (κ3) is 3.54. The van der Waals surface area contributed by atoms with Crippen LogP contribution in [0, 0.1) is 6.92 Å². The van der Waals surface area contributed by atoms with Crippen LogP contribution < -0.4 is 10.2 Å². The topological polar surface area (TPSA) is 66.1 Å². The number of aromatic nitrogens is 3. The van der Waals surface area contributed by atoms with E-state index in [0.717, 1.165) is 59.7 Å². The van der Waals surface area contributed by atoms with Gasteiger partial charge in [0.05, 0.1) is 18.9 Å². The van der Waals surface area contributed by atoms with Crippen molar-refractivity contribution in [1.82, 2.24) is 15.0 Å². The molecule has 2 aromatic carbocycles. The molecule has 1 aliphatic rings. The molecule has 0 aliphatic carbocycles. The van der Waals surface area contributed by atoms with Crippen LogP contribution in [0.3, 0.4) is 0 Å².